The van der Waals surface area contributed by atoms with E-state index in [9.17, 15) is 4.79 Å². The third-order valence-corrected chi connectivity index (χ3v) is 2.77. The Bertz CT molecular complexity index is 398. The molecule has 0 heterocycles. The average molecular weight is 265 g/mol. The molecule has 1 aromatic carbocycles. The minimum Gasteiger partial charge on any atom is -0.484 e. The van der Waals surface area contributed by atoms with Gasteiger partial charge in [-0.15, -0.1) is 0 Å². The van der Waals surface area contributed by atoms with E-state index in [0.29, 0.717) is 6.42 Å². The topological polar surface area (TPSA) is 58.6 Å². The first-order chi connectivity index (χ1) is 9.01. The lowest BCUT2D eigenvalue weighted by Crippen LogP contribution is -2.36. The van der Waals surface area contributed by atoms with E-state index >= 15 is 0 Å². The van der Waals surface area contributed by atoms with Crippen LogP contribution in [0, 0.1) is 13.8 Å². The summed E-state index contributed by atoms with van der Waals surface area (Å²) >= 11 is 0. The fourth-order valence-corrected chi connectivity index (χ4v) is 1.95. The summed E-state index contributed by atoms with van der Waals surface area (Å²) < 4.78 is 5.47. The van der Waals surface area contributed by atoms with E-state index in [-0.39, 0.29) is 25.2 Å². The average Bonchev–Trinajstić information content (AvgIpc) is 2.33. The zero-order chi connectivity index (χ0) is 14.3. The van der Waals surface area contributed by atoms with Crippen LogP contribution in [0.3, 0.4) is 0 Å². The molecule has 0 saturated carbocycles. The second kappa shape index (κ2) is 7.79. The number of benzene rings is 1. The summed E-state index contributed by atoms with van der Waals surface area (Å²) in [6.07, 6.45) is 1.46. The van der Waals surface area contributed by atoms with E-state index < -0.39 is 0 Å². The first-order valence-corrected chi connectivity index (χ1v) is 6.62. The third-order valence-electron chi connectivity index (χ3n) is 2.77. The molecule has 0 aliphatic rings. The van der Waals surface area contributed by atoms with Gasteiger partial charge in [0.25, 0.3) is 5.91 Å². The van der Waals surface area contributed by atoms with Crippen LogP contribution < -0.4 is 10.1 Å². The van der Waals surface area contributed by atoms with Gasteiger partial charge in [-0.1, -0.05) is 6.07 Å². The summed E-state index contributed by atoms with van der Waals surface area (Å²) in [5, 5.41) is 11.6. The molecule has 1 atom stereocenters. The highest BCUT2D eigenvalue weighted by molar-refractivity contribution is 5.77. The Kier molecular flexibility index (Phi) is 6.36. The van der Waals surface area contributed by atoms with E-state index in [0.717, 1.165) is 23.3 Å². The maximum atomic E-state index is 11.7. The van der Waals surface area contributed by atoms with Crippen molar-refractivity contribution in [3.63, 3.8) is 0 Å². The molecule has 1 rings (SSSR count). The lowest BCUT2D eigenvalue weighted by Gasteiger charge is -2.14. The first kappa shape index (κ1) is 15.5. The summed E-state index contributed by atoms with van der Waals surface area (Å²) in [4.78, 5) is 11.7. The molecule has 0 spiro atoms. The molecule has 4 heteroatoms. The number of carbonyl (C=O) groups is 1. The van der Waals surface area contributed by atoms with Gasteiger partial charge in [0.15, 0.2) is 6.61 Å². The van der Waals surface area contributed by atoms with Crippen molar-refractivity contribution in [2.24, 2.45) is 0 Å². The van der Waals surface area contributed by atoms with Gasteiger partial charge in [0, 0.05) is 12.6 Å². The van der Waals surface area contributed by atoms with Crippen molar-refractivity contribution in [3.8, 4) is 5.75 Å². The Morgan fingerprint density at radius 2 is 1.95 bits per heavy atom. The predicted molar refractivity (Wildman–Crippen MR) is 75.3 cm³/mol. The Morgan fingerprint density at radius 1 is 1.32 bits per heavy atom. The smallest absolute Gasteiger partial charge is 0.258 e. The quantitative estimate of drug-likeness (QED) is 0.792. The number of hydrogen-bond donors (Lipinski definition) is 2. The minimum atomic E-state index is -0.135. The Balaban J connectivity index is 2.37. The Labute approximate surface area is 114 Å². The van der Waals surface area contributed by atoms with Gasteiger partial charge in [-0.2, -0.15) is 0 Å². The molecule has 0 saturated heterocycles. The monoisotopic (exact) mass is 265 g/mol. The number of aryl methyl sites for hydroxylation is 2. The highest BCUT2D eigenvalue weighted by Crippen LogP contribution is 2.15. The number of hydrogen-bond acceptors (Lipinski definition) is 3. The van der Waals surface area contributed by atoms with Gasteiger partial charge in [0.2, 0.25) is 0 Å². The molecule has 2 N–H and O–H groups in total. The summed E-state index contributed by atoms with van der Waals surface area (Å²) in [6.45, 7) is 6.09. The second-order valence-corrected chi connectivity index (χ2v) is 4.95. The van der Waals surface area contributed by atoms with Crippen LogP contribution in [0.15, 0.2) is 18.2 Å². The molecule has 0 fully saturated rings. The number of aliphatic hydroxyl groups excluding tert-OH is 1. The highest BCUT2D eigenvalue weighted by Gasteiger charge is 2.08. The van der Waals surface area contributed by atoms with E-state index in [1.54, 1.807) is 0 Å². The molecule has 0 bridgehead atoms. The van der Waals surface area contributed by atoms with Crippen molar-refractivity contribution in [2.45, 2.75) is 39.7 Å². The van der Waals surface area contributed by atoms with Crippen molar-refractivity contribution in [2.75, 3.05) is 13.2 Å². The van der Waals surface area contributed by atoms with Gasteiger partial charge in [-0.3, -0.25) is 4.79 Å². The number of rotatable bonds is 7. The SMILES string of the molecule is Cc1cc(C)cc(OCC(=O)NC(C)CCCO)c1. The minimum absolute atomic E-state index is 0.0202. The van der Waals surface area contributed by atoms with Crippen LogP contribution in [0.2, 0.25) is 0 Å². The zero-order valence-electron chi connectivity index (χ0n) is 11.9. The van der Waals surface area contributed by atoms with Gasteiger partial charge >= 0.3 is 0 Å². The predicted octanol–water partition coefficient (Wildman–Crippen LogP) is 1.96. The van der Waals surface area contributed by atoms with Crippen molar-refractivity contribution in [1.82, 2.24) is 5.32 Å². The lowest BCUT2D eigenvalue weighted by atomic mass is 10.1. The molecule has 0 aliphatic heterocycles. The number of amides is 1. The lowest BCUT2D eigenvalue weighted by molar-refractivity contribution is -0.123. The number of nitrogens with one attached hydrogen (secondary N) is 1. The molecule has 1 amide bonds. The summed E-state index contributed by atoms with van der Waals surface area (Å²) in [5.74, 6) is 0.584. The molecule has 1 aromatic rings. The summed E-state index contributed by atoms with van der Waals surface area (Å²) in [5.41, 5.74) is 2.23. The van der Waals surface area contributed by atoms with Crippen LogP contribution in [0.1, 0.15) is 30.9 Å². The molecule has 1 unspecified atom stereocenters. The van der Waals surface area contributed by atoms with Crippen LogP contribution in [-0.4, -0.2) is 30.3 Å². The third kappa shape index (κ3) is 6.25. The summed E-state index contributed by atoms with van der Waals surface area (Å²) in [6, 6.07) is 5.94. The van der Waals surface area contributed by atoms with Crippen molar-refractivity contribution in [1.29, 1.82) is 0 Å². The molecule has 0 radical (unpaired) electrons. The van der Waals surface area contributed by atoms with Crippen LogP contribution in [-0.2, 0) is 4.79 Å². The van der Waals surface area contributed by atoms with Crippen LogP contribution in [0.25, 0.3) is 0 Å². The van der Waals surface area contributed by atoms with Crippen molar-refractivity contribution in [3.05, 3.63) is 29.3 Å². The Morgan fingerprint density at radius 3 is 2.53 bits per heavy atom. The van der Waals surface area contributed by atoms with E-state index in [1.165, 1.54) is 0 Å². The van der Waals surface area contributed by atoms with Gasteiger partial charge < -0.3 is 15.2 Å². The molecule has 4 nitrogen and oxygen atoms in total. The number of carbonyl (C=O) groups excluding carboxylic acids is 1. The molecule has 0 aliphatic carbocycles. The van der Waals surface area contributed by atoms with Crippen molar-refractivity contribution >= 4 is 5.91 Å². The van der Waals surface area contributed by atoms with Crippen LogP contribution in [0.4, 0.5) is 0 Å². The molecule has 0 aromatic heterocycles. The highest BCUT2D eigenvalue weighted by atomic mass is 16.5. The molecule has 106 valence electrons. The molecular weight excluding hydrogens is 242 g/mol. The standard InChI is InChI=1S/C15H23NO3/c1-11-7-12(2)9-14(8-11)19-10-15(18)16-13(3)5-4-6-17/h7-9,13,17H,4-6,10H2,1-3H3,(H,16,18). The van der Waals surface area contributed by atoms with Gasteiger partial charge in [-0.25, -0.2) is 0 Å². The molecule has 19 heavy (non-hydrogen) atoms. The fraction of sp³-hybridized carbons (Fsp3) is 0.533. The molecular formula is C15H23NO3. The fourth-order valence-electron chi connectivity index (χ4n) is 1.95. The largest absolute Gasteiger partial charge is 0.484 e. The second-order valence-electron chi connectivity index (χ2n) is 4.95. The van der Waals surface area contributed by atoms with Gasteiger partial charge in [0.05, 0.1) is 0 Å². The zero-order valence-corrected chi connectivity index (χ0v) is 11.9. The van der Waals surface area contributed by atoms with Crippen LogP contribution in [0.5, 0.6) is 5.75 Å². The van der Waals surface area contributed by atoms with Crippen LogP contribution >= 0.6 is 0 Å². The van der Waals surface area contributed by atoms with E-state index in [2.05, 4.69) is 11.4 Å². The van der Waals surface area contributed by atoms with E-state index in [4.69, 9.17) is 9.84 Å². The van der Waals surface area contributed by atoms with Gasteiger partial charge in [0.1, 0.15) is 5.75 Å². The Hall–Kier alpha value is -1.55. The number of aliphatic hydroxyl groups is 1. The van der Waals surface area contributed by atoms with E-state index in [1.807, 2.05) is 32.9 Å². The normalized spacial score (nSPS) is 12.0. The van der Waals surface area contributed by atoms with Gasteiger partial charge in [-0.05, 0) is 56.9 Å². The maximum absolute atomic E-state index is 11.7. The van der Waals surface area contributed by atoms with Crippen molar-refractivity contribution < 1.29 is 14.6 Å². The summed E-state index contributed by atoms with van der Waals surface area (Å²) in [7, 11) is 0. The maximum Gasteiger partial charge on any atom is 0.258 e. The number of ether oxygens (including phenoxy) is 1. The first-order valence-electron chi connectivity index (χ1n) is 6.62.